The van der Waals surface area contributed by atoms with Crippen LogP contribution < -0.4 is 11.2 Å². The summed E-state index contributed by atoms with van der Waals surface area (Å²) in [5.74, 6) is 2.23. The second-order valence-electron chi connectivity index (χ2n) is 13.9. The van der Waals surface area contributed by atoms with E-state index in [1.165, 1.54) is 6.07 Å². The first kappa shape index (κ1) is 44.0. The Morgan fingerprint density at radius 3 is 1.67 bits per heavy atom. The van der Waals surface area contributed by atoms with E-state index in [1.807, 2.05) is 12.1 Å². The van der Waals surface area contributed by atoms with Crippen molar-refractivity contribution in [2.75, 3.05) is 0 Å². The molecule has 18 heteroatoms. The van der Waals surface area contributed by atoms with Crippen LogP contribution in [0, 0.1) is 29.0 Å². The third-order valence-corrected chi connectivity index (χ3v) is 11.8. The van der Waals surface area contributed by atoms with Gasteiger partial charge < -0.3 is 23.9 Å². The third kappa shape index (κ3) is 9.70. The number of imidazole rings is 2. The van der Waals surface area contributed by atoms with E-state index < -0.39 is 12.2 Å². The Balaban J connectivity index is 0.000000197. The van der Waals surface area contributed by atoms with Crippen LogP contribution >= 0.6 is 69.6 Å². The van der Waals surface area contributed by atoms with Crippen molar-refractivity contribution in [3.8, 4) is 12.3 Å². The highest BCUT2D eigenvalue weighted by atomic mass is 35.5. The molecule has 0 fully saturated rings. The molecule has 3 aromatic heterocycles. The molecule has 0 spiro atoms. The van der Waals surface area contributed by atoms with Crippen LogP contribution in [-0.2, 0) is 32.7 Å². The maximum Gasteiger partial charge on any atom is 0.203 e. The molecule has 5 aromatic carbocycles. The van der Waals surface area contributed by atoms with E-state index >= 15 is 0 Å². The molecule has 0 bridgehead atoms. The topological polar surface area (TPSA) is 139 Å². The molecule has 61 heavy (non-hydrogen) atoms. The van der Waals surface area contributed by atoms with Gasteiger partial charge in [0.05, 0.1) is 93.3 Å². The Labute approximate surface area is 378 Å². The standard InChI is InChI=1S/C25H20Cl3FN6O.C18H14Cl3N3O/c26-17-6-8-22-23(10-17)34(13-18-12-33(32-31-18)11-16-3-1-2-4-21(16)29)25(30)35(22)14-24(36)15-5-7-19(27)20(28)9-15;1-2-7-23-16-9-12(19)4-6-15(16)24(18(23)22)10-17(25)11-3-5-13(20)14(21)8-11/h1-10,12,24,30,36H,11,13-14H2;1,3-6,8-9,17,22,25H,7,10H2. The maximum absolute atomic E-state index is 14.0. The Kier molecular flexibility index (Phi) is 13.6. The fourth-order valence-corrected chi connectivity index (χ4v) is 7.80. The number of aliphatic hydroxyl groups excluding tert-OH is 2. The van der Waals surface area contributed by atoms with Crippen molar-refractivity contribution < 1.29 is 14.6 Å². The Hall–Kier alpha value is -5.07. The van der Waals surface area contributed by atoms with Gasteiger partial charge in [0.25, 0.3) is 0 Å². The Bertz CT molecular complexity index is 3080. The van der Waals surface area contributed by atoms with Gasteiger partial charge in [0, 0.05) is 15.6 Å². The van der Waals surface area contributed by atoms with Gasteiger partial charge in [0.2, 0.25) is 11.2 Å². The van der Waals surface area contributed by atoms with Crippen molar-refractivity contribution in [1.29, 1.82) is 10.8 Å². The lowest BCUT2D eigenvalue weighted by molar-refractivity contribution is 0.155. The fraction of sp³-hybridized carbons (Fsp3) is 0.163. The number of nitrogens with zero attached hydrogens (tertiary/aromatic N) is 7. The zero-order valence-electron chi connectivity index (χ0n) is 31.8. The number of hydrogen-bond donors (Lipinski definition) is 4. The SMILES string of the molecule is C#CCn1c(=N)n(CC(O)c2ccc(Cl)c(Cl)c2)c2ccc(Cl)cc21.N=c1n(Cc2cn(Cc3ccccc3F)nn2)c2cc(Cl)ccc2n1CC(O)c1ccc(Cl)c(Cl)c1. The molecule has 4 N–H and O–H groups in total. The Morgan fingerprint density at radius 1 is 0.623 bits per heavy atom. The van der Waals surface area contributed by atoms with Crippen molar-refractivity contribution in [2.45, 2.75) is 44.9 Å². The van der Waals surface area contributed by atoms with Gasteiger partial charge in [0.1, 0.15) is 11.5 Å². The summed E-state index contributed by atoms with van der Waals surface area (Å²) < 4.78 is 22.4. The molecule has 2 atom stereocenters. The maximum atomic E-state index is 14.0. The monoisotopic (exact) mass is 937 g/mol. The zero-order valence-corrected chi connectivity index (χ0v) is 36.3. The van der Waals surface area contributed by atoms with Crippen LogP contribution in [0.15, 0.2) is 103 Å². The van der Waals surface area contributed by atoms with Gasteiger partial charge in [0.15, 0.2) is 0 Å². The number of terminal acetylenes is 1. The predicted molar refractivity (Wildman–Crippen MR) is 238 cm³/mol. The molecule has 2 unspecified atom stereocenters. The lowest BCUT2D eigenvalue weighted by atomic mass is 10.1. The first-order chi connectivity index (χ1) is 29.2. The quantitative estimate of drug-likeness (QED) is 0.0960. The molecule has 11 nitrogen and oxygen atoms in total. The van der Waals surface area contributed by atoms with E-state index in [9.17, 15) is 14.6 Å². The number of nitrogens with one attached hydrogen (secondary N) is 2. The zero-order chi connectivity index (χ0) is 43.5. The summed E-state index contributed by atoms with van der Waals surface area (Å²) in [4.78, 5) is 0. The molecule has 312 valence electrons. The van der Waals surface area contributed by atoms with Crippen LogP contribution in [0.3, 0.4) is 0 Å². The average molecular weight is 941 g/mol. The van der Waals surface area contributed by atoms with Crippen LogP contribution in [0.4, 0.5) is 4.39 Å². The van der Waals surface area contributed by atoms with Crippen molar-refractivity contribution >= 4 is 91.7 Å². The van der Waals surface area contributed by atoms with Gasteiger partial charge in [-0.3, -0.25) is 15.4 Å². The van der Waals surface area contributed by atoms with Gasteiger partial charge in [-0.2, -0.15) is 0 Å². The summed E-state index contributed by atoms with van der Waals surface area (Å²) in [6.45, 7) is 1.00. The molecular weight excluding hydrogens is 906 g/mol. The van der Waals surface area contributed by atoms with E-state index in [2.05, 4.69) is 16.2 Å². The minimum atomic E-state index is -0.926. The van der Waals surface area contributed by atoms with Crippen LogP contribution in [-0.4, -0.2) is 43.5 Å². The fourth-order valence-electron chi connectivity index (χ4n) is 6.86. The molecular formula is C43H34Cl6FN9O2. The Morgan fingerprint density at radius 2 is 1.15 bits per heavy atom. The minimum absolute atomic E-state index is 0.113. The van der Waals surface area contributed by atoms with Gasteiger partial charge in [-0.25, -0.2) is 9.07 Å². The van der Waals surface area contributed by atoms with Crippen molar-refractivity contribution in [3.63, 3.8) is 0 Å². The largest absolute Gasteiger partial charge is 0.387 e. The molecule has 0 saturated carbocycles. The number of aromatic nitrogens is 7. The second-order valence-corrected chi connectivity index (χ2v) is 16.4. The minimum Gasteiger partial charge on any atom is -0.387 e. The highest BCUT2D eigenvalue weighted by Gasteiger charge is 2.19. The van der Waals surface area contributed by atoms with Gasteiger partial charge in [-0.1, -0.05) is 111 Å². The average Bonchev–Trinajstić information content (AvgIpc) is 3.86. The van der Waals surface area contributed by atoms with Crippen LogP contribution in [0.5, 0.6) is 0 Å². The predicted octanol–water partition coefficient (Wildman–Crippen LogP) is 9.69. The molecule has 8 aromatic rings. The van der Waals surface area contributed by atoms with Crippen LogP contribution in [0.1, 0.15) is 34.6 Å². The van der Waals surface area contributed by atoms with Gasteiger partial charge in [-0.05, 0) is 77.9 Å². The smallest absolute Gasteiger partial charge is 0.203 e. The number of halogens is 7. The van der Waals surface area contributed by atoms with Crippen molar-refractivity contribution in [1.82, 2.24) is 33.3 Å². The number of aliphatic hydroxyl groups is 2. The van der Waals surface area contributed by atoms with Crippen molar-refractivity contribution in [2.24, 2.45) is 0 Å². The highest BCUT2D eigenvalue weighted by Crippen LogP contribution is 2.29. The van der Waals surface area contributed by atoms with Crippen LogP contribution in [0.25, 0.3) is 22.1 Å². The molecule has 0 amide bonds. The summed E-state index contributed by atoms with van der Waals surface area (Å²) in [6.07, 6.45) is 5.35. The first-order valence-corrected chi connectivity index (χ1v) is 20.7. The molecule has 0 aliphatic rings. The molecule has 0 aliphatic carbocycles. The third-order valence-electron chi connectivity index (χ3n) is 9.87. The van der Waals surface area contributed by atoms with Crippen LogP contribution in [0.2, 0.25) is 30.1 Å². The van der Waals surface area contributed by atoms with E-state index in [0.29, 0.717) is 58.0 Å². The first-order valence-electron chi connectivity index (χ1n) is 18.4. The summed E-state index contributed by atoms with van der Waals surface area (Å²) in [5, 5.41) is 49.7. The lowest BCUT2D eigenvalue weighted by Gasteiger charge is -2.13. The van der Waals surface area contributed by atoms with Gasteiger partial charge >= 0.3 is 0 Å². The normalized spacial score (nSPS) is 12.3. The molecule has 3 heterocycles. The molecule has 8 rings (SSSR count). The van der Waals surface area contributed by atoms with E-state index in [-0.39, 0.29) is 49.8 Å². The number of hydrogen-bond acceptors (Lipinski definition) is 6. The van der Waals surface area contributed by atoms with E-state index in [4.69, 9.17) is 86.8 Å². The lowest BCUT2D eigenvalue weighted by Crippen LogP contribution is -2.27. The second kappa shape index (κ2) is 18.9. The van der Waals surface area contributed by atoms with E-state index in [0.717, 1.165) is 16.6 Å². The summed E-state index contributed by atoms with van der Waals surface area (Å²) in [7, 11) is 0. The van der Waals surface area contributed by atoms with E-state index in [1.54, 1.807) is 108 Å². The number of fused-ring (bicyclic) bond motifs is 2. The summed E-state index contributed by atoms with van der Waals surface area (Å²) in [6, 6.07) is 27.0. The number of rotatable bonds is 11. The van der Waals surface area contributed by atoms with Gasteiger partial charge in [-0.15, -0.1) is 11.5 Å². The highest BCUT2D eigenvalue weighted by molar-refractivity contribution is 6.42. The number of benzene rings is 5. The molecule has 0 radical (unpaired) electrons. The summed E-state index contributed by atoms with van der Waals surface area (Å²) >= 11 is 36.4. The summed E-state index contributed by atoms with van der Waals surface area (Å²) in [5.41, 5.74) is 5.58. The van der Waals surface area contributed by atoms with Crippen molar-refractivity contribution in [3.05, 3.63) is 173 Å². The molecule has 0 saturated heterocycles. The molecule has 0 aliphatic heterocycles.